The molecule has 0 fully saturated rings. The highest BCUT2D eigenvalue weighted by molar-refractivity contribution is 6.02. The summed E-state index contributed by atoms with van der Waals surface area (Å²) in [5.41, 5.74) is 2.65. The summed E-state index contributed by atoms with van der Waals surface area (Å²) in [6.07, 6.45) is 2.03. The van der Waals surface area contributed by atoms with Gasteiger partial charge < -0.3 is 14.6 Å². The average molecular weight is 350 g/mol. The van der Waals surface area contributed by atoms with E-state index in [0.29, 0.717) is 30.6 Å². The van der Waals surface area contributed by atoms with E-state index in [0.717, 1.165) is 16.5 Å². The number of rotatable bonds is 6. The fourth-order valence-electron chi connectivity index (χ4n) is 2.99. The SMILES string of the molecule is COCCn1ccc2c(NC(=O)Cc3cccc(C)c3)cccc2c1=O. The van der Waals surface area contributed by atoms with Crippen LogP contribution in [0, 0.1) is 6.92 Å². The van der Waals surface area contributed by atoms with Gasteiger partial charge in [0.15, 0.2) is 0 Å². The Hall–Kier alpha value is -2.92. The zero-order valence-electron chi connectivity index (χ0n) is 15.0. The van der Waals surface area contributed by atoms with E-state index in [1.807, 2.05) is 43.3 Å². The molecule has 0 saturated heterocycles. The smallest absolute Gasteiger partial charge is 0.258 e. The number of fused-ring (bicyclic) bond motifs is 1. The molecule has 0 atom stereocenters. The first-order valence-corrected chi connectivity index (χ1v) is 8.55. The maximum atomic E-state index is 12.6. The number of methoxy groups -OCH3 is 1. The zero-order chi connectivity index (χ0) is 18.5. The summed E-state index contributed by atoms with van der Waals surface area (Å²) < 4.78 is 6.65. The number of ether oxygens (including phenoxy) is 1. The number of nitrogens with one attached hydrogen (secondary N) is 1. The number of carbonyl (C=O) groups excluding carboxylic acids is 1. The Morgan fingerprint density at radius 1 is 1.12 bits per heavy atom. The molecular weight excluding hydrogens is 328 g/mol. The molecule has 0 bridgehead atoms. The molecule has 5 nitrogen and oxygen atoms in total. The van der Waals surface area contributed by atoms with E-state index in [2.05, 4.69) is 5.32 Å². The van der Waals surface area contributed by atoms with Crippen molar-refractivity contribution in [2.24, 2.45) is 0 Å². The van der Waals surface area contributed by atoms with E-state index >= 15 is 0 Å². The third-order valence-corrected chi connectivity index (χ3v) is 4.28. The Labute approximate surface area is 152 Å². The second-order valence-corrected chi connectivity index (χ2v) is 6.29. The van der Waals surface area contributed by atoms with E-state index in [4.69, 9.17) is 4.74 Å². The zero-order valence-corrected chi connectivity index (χ0v) is 15.0. The van der Waals surface area contributed by atoms with Crippen molar-refractivity contribution >= 4 is 22.4 Å². The molecule has 1 aromatic heterocycles. The van der Waals surface area contributed by atoms with Crippen LogP contribution in [0.1, 0.15) is 11.1 Å². The van der Waals surface area contributed by atoms with Gasteiger partial charge in [-0.1, -0.05) is 35.9 Å². The van der Waals surface area contributed by atoms with Crippen LogP contribution in [0.5, 0.6) is 0 Å². The van der Waals surface area contributed by atoms with Gasteiger partial charge in [-0.25, -0.2) is 0 Å². The van der Waals surface area contributed by atoms with Crippen LogP contribution in [0.2, 0.25) is 0 Å². The highest BCUT2D eigenvalue weighted by atomic mass is 16.5. The van der Waals surface area contributed by atoms with E-state index < -0.39 is 0 Å². The summed E-state index contributed by atoms with van der Waals surface area (Å²) in [5.74, 6) is -0.105. The number of nitrogens with zero attached hydrogens (tertiary/aromatic N) is 1. The summed E-state index contributed by atoms with van der Waals surface area (Å²) in [5, 5.41) is 4.25. The van der Waals surface area contributed by atoms with Crippen molar-refractivity contribution in [3.63, 3.8) is 0 Å². The molecule has 2 aromatic carbocycles. The van der Waals surface area contributed by atoms with Crippen LogP contribution in [-0.2, 0) is 22.5 Å². The molecule has 5 heteroatoms. The molecule has 0 saturated carbocycles. The molecule has 1 amide bonds. The Balaban J connectivity index is 1.85. The van der Waals surface area contributed by atoms with Crippen molar-refractivity contribution in [2.75, 3.05) is 19.0 Å². The van der Waals surface area contributed by atoms with E-state index in [-0.39, 0.29) is 11.5 Å². The van der Waals surface area contributed by atoms with Crippen LogP contribution >= 0.6 is 0 Å². The van der Waals surface area contributed by atoms with E-state index in [9.17, 15) is 9.59 Å². The van der Waals surface area contributed by atoms with Crippen molar-refractivity contribution in [3.05, 3.63) is 76.2 Å². The highest BCUT2D eigenvalue weighted by Crippen LogP contribution is 2.21. The number of pyridine rings is 1. The number of carbonyl (C=O) groups is 1. The quantitative estimate of drug-likeness (QED) is 0.743. The van der Waals surface area contributed by atoms with Gasteiger partial charge in [-0.3, -0.25) is 9.59 Å². The first-order chi connectivity index (χ1) is 12.6. The number of anilines is 1. The third kappa shape index (κ3) is 4.00. The van der Waals surface area contributed by atoms with Gasteiger partial charge in [-0.2, -0.15) is 0 Å². The van der Waals surface area contributed by atoms with Crippen LogP contribution in [0.3, 0.4) is 0 Å². The van der Waals surface area contributed by atoms with Crippen molar-refractivity contribution in [1.29, 1.82) is 0 Å². The molecular formula is C21H22N2O3. The van der Waals surface area contributed by atoms with Crippen LogP contribution < -0.4 is 10.9 Å². The van der Waals surface area contributed by atoms with Gasteiger partial charge in [0.25, 0.3) is 5.56 Å². The largest absolute Gasteiger partial charge is 0.383 e. The summed E-state index contributed by atoms with van der Waals surface area (Å²) >= 11 is 0. The maximum Gasteiger partial charge on any atom is 0.258 e. The molecule has 1 N–H and O–H groups in total. The second-order valence-electron chi connectivity index (χ2n) is 6.29. The topological polar surface area (TPSA) is 60.3 Å². The van der Waals surface area contributed by atoms with E-state index in [1.165, 1.54) is 0 Å². The number of aromatic nitrogens is 1. The van der Waals surface area contributed by atoms with Gasteiger partial charge in [0.1, 0.15) is 0 Å². The van der Waals surface area contributed by atoms with Gasteiger partial charge in [0, 0.05) is 36.3 Å². The molecule has 0 unspecified atom stereocenters. The van der Waals surface area contributed by atoms with Crippen LogP contribution in [0.15, 0.2) is 59.5 Å². The van der Waals surface area contributed by atoms with Gasteiger partial charge in [-0.05, 0) is 30.7 Å². The molecule has 0 aliphatic rings. The lowest BCUT2D eigenvalue weighted by molar-refractivity contribution is -0.115. The predicted molar refractivity (Wildman–Crippen MR) is 104 cm³/mol. The molecule has 0 radical (unpaired) electrons. The minimum Gasteiger partial charge on any atom is -0.383 e. The molecule has 134 valence electrons. The second kappa shape index (κ2) is 7.97. The average Bonchev–Trinajstić information content (AvgIpc) is 2.61. The number of benzene rings is 2. The molecule has 3 rings (SSSR count). The summed E-state index contributed by atoms with van der Waals surface area (Å²) in [4.78, 5) is 25.0. The Bertz CT molecular complexity index is 992. The number of amides is 1. The third-order valence-electron chi connectivity index (χ3n) is 4.28. The van der Waals surface area contributed by atoms with E-state index in [1.54, 1.807) is 30.0 Å². The number of hydrogen-bond acceptors (Lipinski definition) is 3. The van der Waals surface area contributed by atoms with Crippen LogP contribution in [-0.4, -0.2) is 24.2 Å². The van der Waals surface area contributed by atoms with Crippen molar-refractivity contribution < 1.29 is 9.53 Å². The van der Waals surface area contributed by atoms with Gasteiger partial charge in [-0.15, -0.1) is 0 Å². The molecule has 3 aromatic rings. The fourth-order valence-corrected chi connectivity index (χ4v) is 2.99. The molecule has 0 aliphatic carbocycles. The minimum absolute atomic E-state index is 0.0886. The predicted octanol–water partition coefficient (Wildman–Crippen LogP) is 3.14. The lowest BCUT2D eigenvalue weighted by atomic mass is 10.1. The molecule has 0 spiro atoms. The van der Waals surface area contributed by atoms with Crippen LogP contribution in [0.25, 0.3) is 10.8 Å². The summed E-state index contributed by atoms with van der Waals surface area (Å²) in [6, 6.07) is 15.1. The molecule has 26 heavy (non-hydrogen) atoms. The summed E-state index contributed by atoms with van der Waals surface area (Å²) in [6.45, 7) is 2.97. The number of aryl methyl sites for hydroxylation is 1. The monoisotopic (exact) mass is 350 g/mol. The summed E-state index contributed by atoms with van der Waals surface area (Å²) in [7, 11) is 1.61. The van der Waals surface area contributed by atoms with Crippen molar-refractivity contribution in [1.82, 2.24) is 4.57 Å². The van der Waals surface area contributed by atoms with Gasteiger partial charge >= 0.3 is 0 Å². The lowest BCUT2D eigenvalue weighted by Gasteiger charge is -2.11. The normalized spacial score (nSPS) is 10.8. The highest BCUT2D eigenvalue weighted by Gasteiger charge is 2.10. The first-order valence-electron chi connectivity index (χ1n) is 8.55. The lowest BCUT2D eigenvalue weighted by Crippen LogP contribution is -2.22. The van der Waals surface area contributed by atoms with Crippen LogP contribution in [0.4, 0.5) is 5.69 Å². The molecule has 0 aliphatic heterocycles. The Morgan fingerprint density at radius 2 is 1.92 bits per heavy atom. The molecule has 1 heterocycles. The first kappa shape index (κ1) is 17.9. The van der Waals surface area contributed by atoms with Crippen molar-refractivity contribution in [2.45, 2.75) is 19.9 Å². The Kier molecular flexibility index (Phi) is 5.49. The van der Waals surface area contributed by atoms with Gasteiger partial charge in [0.2, 0.25) is 5.91 Å². The standard InChI is InChI=1S/C21H22N2O3/c1-15-5-3-6-16(13-15)14-20(24)22-19-8-4-7-18-17(19)9-10-23(21(18)25)11-12-26-2/h3-10,13H,11-12,14H2,1-2H3,(H,22,24). The van der Waals surface area contributed by atoms with Gasteiger partial charge in [0.05, 0.1) is 13.0 Å². The number of hydrogen-bond donors (Lipinski definition) is 1. The Morgan fingerprint density at radius 3 is 2.69 bits per heavy atom. The minimum atomic E-state index is -0.105. The fraction of sp³-hybridized carbons (Fsp3) is 0.238. The van der Waals surface area contributed by atoms with Crippen molar-refractivity contribution in [3.8, 4) is 0 Å². The maximum absolute atomic E-state index is 12.6.